The van der Waals surface area contributed by atoms with Crippen molar-refractivity contribution >= 4 is 17.6 Å². The highest BCUT2D eigenvalue weighted by molar-refractivity contribution is 5.99. The lowest BCUT2D eigenvalue weighted by Gasteiger charge is -2.50. The van der Waals surface area contributed by atoms with E-state index in [-0.39, 0.29) is 24.0 Å². The number of nitrogens with one attached hydrogen (secondary N) is 2. The Bertz CT molecular complexity index is 1660. The number of ether oxygens (including phenoxy) is 2. The second-order valence-corrected chi connectivity index (χ2v) is 11.5. The molecule has 3 aliphatic rings. The molecule has 4 aromatic rings. The van der Waals surface area contributed by atoms with Crippen LogP contribution in [0.1, 0.15) is 58.4 Å². The minimum atomic E-state index is -0.978. The Morgan fingerprint density at radius 2 is 1.79 bits per heavy atom. The molecule has 1 aliphatic carbocycles. The third-order valence-electron chi connectivity index (χ3n) is 8.55. The van der Waals surface area contributed by atoms with E-state index in [1.807, 2.05) is 73.7 Å². The molecule has 1 saturated heterocycles. The Morgan fingerprint density at radius 3 is 2.64 bits per heavy atom. The molecular weight excluding hydrogens is 526 g/mol. The molecule has 0 radical (unpaired) electrons. The molecule has 2 bridgehead atoms. The van der Waals surface area contributed by atoms with Gasteiger partial charge in [-0.15, -0.1) is 0 Å². The van der Waals surface area contributed by atoms with E-state index in [1.165, 1.54) is 11.1 Å². The van der Waals surface area contributed by atoms with E-state index in [2.05, 4.69) is 28.8 Å². The van der Waals surface area contributed by atoms with Gasteiger partial charge in [-0.2, -0.15) is 0 Å². The van der Waals surface area contributed by atoms with Crippen molar-refractivity contribution in [2.24, 2.45) is 0 Å². The van der Waals surface area contributed by atoms with Crippen LogP contribution in [0.2, 0.25) is 0 Å². The van der Waals surface area contributed by atoms with Gasteiger partial charge in [-0.1, -0.05) is 72.8 Å². The van der Waals surface area contributed by atoms with Crippen molar-refractivity contribution in [2.45, 2.75) is 57.0 Å². The average molecular weight is 560 g/mol. The van der Waals surface area contributed by atoms with Crippen molar-refractivity contribution < 1.29 is 19.1 Å². The predicted octanol–water partition coefficient (Wildman–Crippen LogP) is 6.32. The largest absolute Gasteiger partial charge is 0.485 e. The van der Waals surface area contributed by atoms with Crippen LogP contribution in [0.25, 0.3) is 0 Å². The number of carbonyl (C=O) groups is 2. The first-order chi connectivity index (χ1) is 20.5. The van der Waals surface area contributed by atoms with E-state index in [0.717, 1.165) is 30.4 Å². The highest BCUT2D eigenvalue weighted by atomic mass is 16.5. The lowest BCUT2D eigenvalue weighted by atomic mass is 9.88. The van der Waals surface area contributed by atoms with E-state index in [4.69, 9.17) is 9.47 Å². The molecule has 3 unspecified atom stereocenters. The SMILES string of the molecule is CC12CC(NC(=O)N1c1cccc(C(=O)NC3CCc4ccccc4C3)c1)c1cccc(OCc3ccccc3)c1O2. The zero-order valence-corrected chi connectivity index (χ0v) is 23.5. The average Bonchev–Trinajstić information content (AvgIpc) is 3.00. The maximum absolute atomic E-state index is 13.5. The molecule has 1 fully saturated rings. The van der Waals surface area contributed by atoms with Gasteiger partial charge in [-0.3, -0.25) is 9.69 Å². The minimum Gasteiger partial charge on any atom is -0.485 e. The van der Waals surface area contributed by atoms with Crippen LogP contribution in [0.5, 0.6) is 11.5 Å². The van der Waals surface area contributed by atoms with Crippen LogP contribution in [0.15, 0.2) is 97.1 Å². The first-order valence-electron chi connectivity index (χ1n) is 14.5. The Morgan fingerprint density at radius 1 is 1.00 bits per heavy atom. The number of aryl methyl sites for hydroxylation is 1. The van der Waals surface area contributed by atoms with Gasteiger partial charge in [0.1, 0.15) is 6.61 Å². The van der Waals surface area contributed by atoms with E-state index >= 15 is 0 Å². The molecular formula is C35H33N3O4. The highest BCUT2D eigenvalue weighted by Crippen LogP contribution is 2.49. The summed E-state index contributed by atoms with van der Waals surface area (Å²) < 4.78 is 12.8. The van der Waals surface area contributed by atoms with Crippen LogP contribution in [0, 0.1) is 0 Å². The summed E-state index contributed by atoms with van der Waals surface area (Å²) in [5.41, 5.74) is 4.73. The van der Waals surface area contributed by atoms with Gasteiger partial charge in [0.25, 0.3) is 5.91 Å². The molecule has 7 heteroatoms. The topological polar surface area (TPSA) is 79.9 Å². The number of hydrogen-bond donors (Lipinski definition) is 2. The lowest BCUT2D eigenvalue weighted by Crippen LogP contribution is -2.65. The number of carbonyl (C=O) groups excluding carboxylic acids is 2. The molecule has 3 atom stereocenters. The minimum absolute atomic E-state index is 0.0695. The number of urea groups is 1. The maximum Gasteiger partial charge on any atom is 0.325 e. The van der Waals surface area contributed by atoms with Crippen molar-refractivity contribution in [3.05, 3.63) is 125 Å². The molecule has 2 heterocycles. The summed E-state index contributed by atoms with van der Waals surface area (Å²) in [6.07, 6.45) is 3.21. The fourth-order valence-corrected chi connectivity index (χ4v) is 6.48. The Hall–Kier alpha value is -4.78. The molecule has 2 aliphatic heterocycles. The number of rotatable bonds is 6. The molecule has 42 heavy (non-hydrogen) atoms. The van der Waals surface area contributed by atoms with E-state index in [1.54, 1.807) is 17.0 Å². The van der Waals surface area contributed by atoms with Crippen molar-refractivity contribution in [3.8, 4) is 11.5 Å². The fraction of sp³-hybridized carbons (Fsp3) is 0.257. The van der Waals surface area contributed by atoms with Crippen LogP contribution in [0.4, 0.5) is 10.5 Å². The molecule has 212 valence electrons. The highest BCUT2D eigenvalue weighted by Gasteiger charge is 2.50. The quantitative estimate of drug-likeness (QED) is 0.290. The maximum atomic E-state index is 13.5. The number of hydrogen-bond acceptors (Lipinski definition) is 4. The van der Waals surface area contributed by atoms with Crippen molar-refractivity contribution in [1.29, 1.82) is 0 Å². The molecule has 4 aromatic carbocycles. The summed E-state index contributed by atoms with van der Waals surface area (Å²) in [4.78, 5) is 28.5. The van der Waals surface area contributed by atoms with Crippen molar-refractivity contribution in [1.82, 2.24) is 10.6 Å². The van der Waals surface area contributed by atoms with Crippen molar-refractivity contribution in [2.75, 3.05) is 4.90 Å². The summed E-state index contributed by atoms with van der Waals surface area (Å²) in [5.74, 6) is 1.11. The van der Waals surface area contributed by atoms with Crippen LogP contribution < -0.4 is 25.0 Å². The zero-order valence-electron chi connectivity index (χ0n) is 23.5. The summed E-state index contributed by atoms with van der Waals surface area (Å²) in [7, 11) is 0. The first-order valence-corrected chi connectivity index (χ1v) is 14.5. The molecule has 7 nitrogen and oxygen atoms in total. The van der Waals surface area contributed by atoms with Gasteiger partial charge in [0.2, 0.25) is 0 Å². The summed E-state index contributed by atoms with van der Waals surface area (Å²) in [6, 6.07) is 31.0. The molecule has 7 rings (SSSR count). The number of fused-ring (bicyclic) bond motifs is 5. The number of anilines is 1. The van der Waals surface area contributed by atoms with Gasteiger partial charge in [0.05, 0.1) is 11.7 Å². The first kappa shape index (κ1) is 26.1. The number of amides is 3. The van der Waals surface area contributed by atoms with E-state index in [0.29, 0.717) is 35.8 Å². The van der Waals surface area contributed by atoms with Gasteiger partial charge in [0, 0.05) is 23.6 Å². The normalized spacial score (nSPS) is 22.2. The van der Waals surface area contributed by atoms with Gasteiger partial charge >= 0.3 is 6.03 Å². The standard InChI is InChI=1S/C35H33N3O4/c1-35-21-30(29-15-8-16-31(32(29)42-35)41-22-23-9-3-2-4-10-23)37-34(40)38(35)28-14-7-13-26(20-28)33(39)36-27-18-17-24-11-5-6-12-25(24)19-27/h2-16,20,27,30H,17-19,21-22H2,1H3,(H,36,39)(H,37,40). The number of nitrogens with zero attached hydrogens (tertiary/aromatic N) is 1. The molecule has 3 amide bonds. The molecule has 2 N–H and O–H groups in total. The zero-order chi connectivity index (χ0) is 28.7. The third-order valence-corrected chi connectivity index (χ3v) is 8.55. The van der Waals surface area contributed by atoms with Crippen molar-refractivity contribution in [3.63, 3.8) is 0 Å². The van der Waals surface area contributed by atoms with E-state index in [9.17, 15) is 9.59 Å². The molecule has 0 saturated carbocycles. The summed E-state index contributed by atoms with van der Waals surface area (Å²) in [5, 5.41) is 6.37. The second kappa shape index (κ2) is 10.6. The molecule has 0 aromatic heterocycles. The Kier molecular flexibility index (Phi) is 6.57. The summed E-state index contributed by atoms with van der Waals surface area (Å²) >= 11 is 0. The van der Waals surface area contributed by atoms with E-state index < -0.39 is 5.72 Å². The lowest BCUT2D eigenvalue weighted by molar-refractivity contribution is 0.0338. The van der Waals surface area contributed by atoms with Crippen LogP contribution in [0.3, 0.4) is 0 Å². The van der Waals surface area contributed by atoms with Gasteiger partial charge < -0.3 is 20.1 Å². The van der Waals surface area contributed by atoms with Crippen LogP contribution >= 0.6 is 0 Å². The second-order valence-electron chi connectivity index (χ2n) is 11.5. The third kappa shape index (κ3) is 4.85. The van der Waals surface area contributed by atoms with Gasteiger partial charge in [-0.05, 0) is 67.1 Å². The number of para-hydroxylation sites is 1. The van der Waals surface area contributed by atoms with Gasteiger partial charge in [-0.25, -0.2) is 4.79 Å². The number of benzene rings is 4. The van der Waals surface area contributed by atoms with Crippen LogP contribution in [-0.2, 0) is 19.4 Å². The molecule has 0 spiro atoms. The van der Waals surface area contributed by atoms with Crippen LogP contribution in [-0.4, -0.2) is 23.7 Å². The Labute approximate surface area is 245 Å². The van der Waals surface area contributed by atoms with Gasteiger partial charge in [0.15, 0.2) is 17.2 Å². The fourth-order valence-electron chi connectivity index (χ4n) is 6.48. The summed E-state index contributed by atoms with van der Waals surface area (Å²) in [6.45, 7) is 2.32. The monoisotopic (exact) mass is 559 g/mol. The smallest absolute Gasteiger partial charge is 0.325 e. The Balaban J connectivity index is 1.12. The predicted molar refractivity (Wildman–Crippen MR) is 161 cm³/mol.